The van der Waals surface area contributed by atoms with Gasteiger partial charge in [-0.15, -0.1) is 0 Å². The summed E-state index contributed by atoms with van der Waals surface area (Å²) >= 11 is 0. The molecule has 100 valence electrons. The van der Waals surface area contributed by atoms with Crippen LogP contribution in [0.2, 0.25) is 0 Å². The third-order valence-corrected chi connectivity index (χ3v) is 2.96. The average Bonchev–Trinajstić information content (AvgIpc) is 3.03. The zero-order valence-corrected chi connectivity index (χ0v) is 10.7. The molecule has 0 aliphatic rings. The average molecular weight is 268 g/mol. The molecule has 1 heterocycles. The van der Waals surface area contributed by atoms with Crippen LogP contribution in [0.15, 0.2) is 60.8 Å². The first-order chi connectivity index (χ1) is 9.85. The minimum atomic E-state index is -0.460. The molecule has 0 saturated carbocycles. The molecule has 1 aromatic heterocycles. The van der Waals surface area contributed by atoms with Crippen LogP contribution in [0.5, 0.6) is 11.5 Å². The molecule has 4 heteroatoms. The lowest BCUT2D eigenvalue weighted by Crippen LogP contribution is -1.85. The van der Waals surface area contributed by atoms with Gasteiger partial charge in [-0.2, -0.15) is 5.10 Å². The Balaban J connectivity index is 1.74. The van der Waals surface area contributed by atoms with E-state index in [0.29, 0.717) is 11.3 Å². The van der Waals surface area contributed by atoms with E-state index in [1.165, 1.54) is 0 Å². The highest BCUT2D eigenvalue weighted by atomic mass is 19.1. The second-order valence-corrected chi connectivity index (χ2v) is 4.36. The highest BCUT2D eigenvalue weighted by molar-refractivity contribution is 5.59. The Kier molecular flexibility index (Phi) is 3.46. The summed E-state index contributed by atoms with van der Waals surface area (Å²) in [5.41, 5.74) is 2.56. The van der Waals surface area contributed by atoms with Crippen molar-refractivity contribution >= 4 is 0 Å². The third kappa shape index (κ3) is 2.69. The lowest BCUT2D eigenvalue weighted by molar-refractivity contribution is 0.475. The molecule has 0 radical (unpaired) electrons. The van der Waals surface area contributed by atoms with Crippen LogP contribution >= 0.6 is 0 Å². The highest BCUT2D eigenvalue weighted by Crippen LogP contribution is 2.25. The van der Waals surface area contributed by atoms with E-state index in [0.717, 1.165) is 17.0 Å². The lowest BCUT2D eigenvalue weighted by atomic mass is 10.1. The number of rotatable bonds is 4. The topological polar surface area (TPSA) is 37.9 Å². The van der Waals surface area contributed by atoms with Crippen LogP contribution in [-0.2, 0) is 6.67 Å². The van der Waals surface area contributed by atoms with Crippen LogP contribution in [0, 0.1) is 0 Å². The van der Waals surface area contributed by atoms with E-state index in [1.807, 2.05) is 30.3 Å². The minimum Gasteiger partial charge on any atom is -0.457 e. The summed E-state index contributed by atoms with van der Waals surface area (Å²) in [4.78, 5) is 0. The molecule has 0 fully saturated rings. The van der Waals surface area contributed by atoms with Crippen molar-refractivity contribution in [2.45, 2.75) is 6.67 Å². The van der Waals surface area contributed by atoms with E-state index in [1.54, 1.807) is 30.5 Å². The molecule has 0 amide bonds. The number of alkyl halides is 1. The van der Waals surface area contributed by atoms with Gasteiger partial charge in [0.05, 0.1) is 5.69 Å². The van der Waals surface area contributed by atoms with Gasteiger partial charge in [0.1, 0.15) is 18.2 Å². The number of benzene rings is 2. The summed E-state index contributed by atoms with van der Waals surface area (Å²) in [6.45, 7) is -0.460. The van der Waals surface area contributed by atoms with Crippen molar-refractivity contribution in [3.63, 3.8) is 0 Å². The Bertz CT molecular complexity index is 661. The fourth-order valence-corrected chi connectivity index (χ4v) is 1.90. The first-order valence-electron chi connectivity index (χ1n) is 6.28. The van der Waals surface area contributed by atoms with Gasteiger partial charge in [-0.05, 0) is 48.0 Å². The van der Waals surface area contributed by atoms with Gasteiger partial charge in [0.25, 0.3) is 0 Å². The Hall–Kier alpha value is -2.62. The first-order valence-corrected chi connectivity index (χ1v) is 6.28. The number of aromatic nitrogens is 2. The number of nitrogens with one attached hydrogen (secondary N) is 1. The Morgan fingerprint density at radius 3 is 2.10 bits per heavy atom. The monoisotopic (exact) mass is 268 g/mol. The molecule has 3 aromatic rings. The maximum absolute atomic E-state index is 12.4. The molecule has 3 nitrogen and oxygen atoms in total. The largest absolute Gasteiger partial charge is 0.457 e. The van der Waals surface area contributed by atoms with Gasteiger partial charge in [0.2, 0.25) is 0 Å². The quantitative estimate of drug-likeness (QED) is 0.764. The van der Waals surface area contributed by atoms with E-state index in [2.05, 4.69) is 10.2 Å². The molecule has 0 aliphatic carbocycles. The van der Waals surface area contributed by atoms with E-state index in [9.17, 15) is 4.39 Å². The van der Waals surface area contributed by atoms with Gasteiger partial charge in [-0.25, -0.2) is 4.39 Å². The van der Waals surface area contributed by atoms with Gasteiger partial charge in [0.15, 0.2) is 0 Å². The molecule has 3 rings (SSSR count). The molecule has 20 heavy (non-hydrogen) atoms. The van der Waals surface area contributed by atoms with Gasteiger partial charge in [0, 0.05) is 11.8 Å². The number of hydrogen-bond donors (Lipinski definition) is 1. The fraction of sp³-hybridized carbons (Fsp3) is 0.0625. The van der Waals surface area contributed by atoms with Crippen molar-refractivity contribution < 1.29 is 9.13 Å². The van der Waals surface area contributed by atoms with Crippen molar-refractivity contribution in [2.24, 2.45) is 0 Å². The number of aromatic amines is 1. The predicted molar refractivity (Wildman–Crippen MR) is 75.4 cm³/mol. The van der Waals surface area contributed by atoms with E-state index >= 15 is 0 Å². The van der Waals surface area contributed by atoms with E-state index < -0.39 is 6.67 Å². The molecule has 0 bridgehead atoms. The second-order valence-electron chi connectivity index (χ2n) is 4.36. The second kappa shape index (κ2) is 5.57. The molecule has 0 atom stereocenters. The number of ether oxygens (including phenoxy) is 1. The fourth-order valence-electron chi connectivity index (χ4n) is 1.90. The highest BCUT2D eigenvalue weighted by Gasteiger charge is 2.01. The first kappa shape index (κ1) is 12.4. The minimum absolute atomic E-state index is 0.460. The van der Waals surface area contributed by atoms with Gasteiger partial charge in [-0.1, -0.05) is 12.1 Å². The van der Waals surface area contributed by atoms with Crippen molar-refractivity contribution in [1.29, 1.82) is 0 Å². The maximum atomic E-state index is 12.4. The summed E-state index contributed by atoms with van der Waals surface area (Å²) in [7, 11) is 0. The van der Waals surface area contributed by atoms with Crippen molar-refractivity contribution in [3.8, 4) is 22.8 Å². The maximum Gasteiger partial charge on any atom is 0.127 e. The molecule has 0 spiro atoms. The van der Waals surface area contributed by atoms with Crippen LogP contribution in [0.1, 0.15) is 5.56 Å². The Labute approximate surface area is 116 Å². The predicted octanol–water partition coefficient (Wildman–Crippen LogP) is 4.34. The standard InChI is InChI=1S/C16H13FN2O/c17-11-12-1-5-14(6-2-12)20-15-7-3-13(4-8-15)16-9-10-18-19-16/h1-10H,11H2,(H,18,19). The van der Waals surface area contributed by atoms with Crippen LogP contribution in [0.25, 0.3) is 11.3 Å². The molecule has 2 aromatic carbocycles. The zero-order valence-electron chi connectivity index (χ0n) is 10.7. The number of H-pyrrole nitrogens is 1. The Morgan fingerprint density at radius 1 is 0.900 bits per heavy atom. The number of halogens is 1. The number of hydrogen-bond acceptors (Lipinski definition) is 2. The molecule has 0 saturated heterocycles. The van der Waals surface area contributed by atoms with Crippen molar-refractivity contribution in [3.05, 3.63) is 66.4 Å². The Morgan fingerprint density at radius 2 is 1.55 bits per heavy atom. The summed E-state index contributed by atoms with van der Waals surface area (Å²) in [5.74, 6) is 1.42. The van der Waals surface area contributed by atoms with Crippen molar-refractivity contribution in [1.82, 2.24) is 10.2 Å². The van der Waals surface area contributed by atoms with Gasteiger partial charge < -0.3 is 4.74 Å². The molecule has 0 unspecified atom stereocenters. The number of nitrogens with zero attached hydrogens (tertiary/aromatic N) is 1. The molecule has 0 aliphatic heterocycles. The molecular formula is C16H13FN2O. The summed E-state index contributed by atoms with van der Waals surface area (Å²) in [5, 5.41) is 6.90. The van der Waals surface area contributed by atoms with Crippen molar-refractivity contribution in [2.75, 3.05) is 0 Å². The zero-order chi connectivity index (χ0) is 13.8. The van der Waals surface area contributed by atoms with Crippen LogP contribution in [0.4, 0.5) is 4.39 Å². The van der Waals surface area contributed by atoms with E-state index in [4.69, 9.17) is 4.74 Å². The summed E-state index contributed by atoms with van der Waals surface area (Å²) in [6, 6.07) is 16.5. The molecular weight excluding hydrogens is 255 g/mol. The van der Waals surface area contributed by atoms with Crippen LogP contribution in [0.3, 0.4) is 0 Å². The van der Waals surface area contributed by atoms with Crippen LogP contribution in [-0.4, -0.2) is 10.2 Å². The molecule has 1 N–H and O–H groups in total. The smallest absolute Gasteiger partial charge is 0.127 e. The van der Waals surface area contributed by atoms with Gasteiger partial charge >= 0.3 is 0 Å². The third-order valence-electron chi connectivity index (χ3n) is 2.96. The van der Waals surface area contributed by atoms with E-state index in [-0.39, 0.29) is 0 Å². The van der Waals surface area contributed by atoms with Crippen LogP contribution < -0.4 is 4.74 Å². The summed E-state index contributed by atoms with van der Waals surface area (Å²) < 4.78 is 18.1. The normalized spacial score (nSPS) is 10.4. The van der Waals surface area contributed by atoms with Gasteiger partial charge in [-0.3, -0.25) is 5.10 Å². The SMILES string of the molecule is FCc1ccc(Oc2ccc(-c3cc[nH]n3)cc2)cc1. The lowest BCUT2D eigenvalue weighted by Gasteiger charge is -2.06. The summed E-state index contributed by atoms with van der Waals surface area (Å²) in [6.07, 6.45) is 1.78.